The summed E-state index contributed by atoms with van der Waals surface area (Å²) in [5.74, 6) is 2.46. The fraction of sp³-hybridized carbons (Fsp3) is 0.517. The van der Waals surface area contributed by atoms with Crippen molar-refractivity contribution in [3.8, 4) is 0 Å². The van der Waals surface area contributed by atoms with Crippen LogP contribution in [0.2, 0.25) is 0 Å². The number of para-hydroxylation sites is 1. The molecule has 3 aromatic rings. The Kier molecular flexibility index (Phi) is 7.42. The quantitative estimate of drug-likeness (QED) is 0.454. The highest BCUT2D eigenvalue weighted by Crippen LogP contribution is 2.29. The van der Waals surface area contributed by atoms with E-state index in [9.17, 15) is 0 Å². The maximum absolute atomic E-state index is 4.82. The lowest BCUT2D eigenvalue weighted by Gasteiger charge is -2.30. The number of hydrogen-bond donors (Lipinski definition) is 2. The molecule has 1 aliphatic carbocycles. The van der Waals surface area contributed by atoms with Crippen LogP contribution in [0.15, 0.2) is 24.3 Å². The second-order valence-electron chi connectivity index (χ2n) is 10.4. The molecule has 34 heavy (non-hydrogen) atoms. The molecule has 4 rings (SSSR count). The number of hydrogen-bond acceptors (Lipinski definition) is 5. The summed E-state index contributed by atoms with van der Waals surface area (Å²) >= 11 is 0. The molecule has 2 aromatic carbocycles. The van der Waals surface area contributed by atoms with Gasteiger partial charge >= 0.3 is 0 Å². The molecule has 1 fully saturated rings. The third-order valence-corrected chi connectivity index (χ3v) is 8.08. The van der Waals surface area contributed by atoms with E-state index < -0.39 is 0 Å². The van der Waals surface area contributed by atoms with Crippen LogP contribution in [0.1, 0.15) is 59.1 Å². The molecule has 1 aromatic heterocycles. The summed E-state index contributed by atoms with van der Waals surface area (Å²) in [6.45, 7) is 13.4. The van der Waals surface area contributed by atoms with Crippen molar-refractivity contribution in [2.75, 3.05) is 30.9 Å². The summed E-state index contributed by atoms with van der Waals surface area (Å²) in [7, 11) is 4.08. The van der Waals surface area contributed by atoms with Gasteiger partial charge in [-0.15, -0.1) is 0 Å². The Morgan fingerprint density at radius 1 is 0.824 bits per heavy atom. The van der Waals surface area contributed by atoms with Crippen molar-refractivity contribution in [3.05, 3.63) is 57.6 Å². The highest BCUT2D eigenvalue weighted by atomic mass is 15.2. The third-order valence-electron chi connectivity index (χ3n) is 8.08. The smallest absolute Gasteiger partial charge is 0.225 e. The molecule has 0 amide bonds. The van der Waals surface area contributed by atoms with Gasteiger partial charge in [0, 0.05) is 32.1 Å². The van der Waals surface area contributed by atoms with Crippen LogP contribution in [0.3, 0.4) is 0 Å². The summed E-state index contributed by atoms with van der Waals surface area (Å²) in [6.07, 6.45) is 4.81. The largest absolute Gasteiger partial charge is 0.362 e. The van der Waals surface area contributed by atoms with E-state index in [0.29, 0.717) is 6.04 Å². The van der Waals surface area contributed by atoms with Crippen LogP contribution in [0.5, 0.6) is 0 Å². The zero-order valence-electron chi connectivity index (χ0n) is 22.0. The van der Waals surface area contributed by atoms with E-state index in [1.165, 1.54) is 59.1 Å². The lowest BCUT2D eigenvalue weighted by Crippen LogP contribution is -2.32. The van der Waals surface area contributed by atoms with Gasteiger partial charge in [-0.1, -0.05) is 12.1 Å². The molecule has 1 saturated carbocycles. The minimum absolute atomic E-state index is 0.444. The molecule has 5 nitrogen and oxygen atoms in total. The molecule has 1 aliphatic rings. The van der Waals surface area contributed by atoms with Gasteiger partial charge in [0.1, 0.15) is 5.82 Å². The van der Waals surface area contributed by atoms with Crippen LogP contribution >= 0.6 is 0 Å². The summed E-state index contributed by atoms with van der Waals surface area (Å²) in [5, 5.41) is 8.51. The molecule has 0 unspecified atom stereocenters. The van der Waals surface area contributed by atoms with Gasteiger partial charge in [0.2, 0.25) is 5.95 Å². The first-order chi connectivity index (χ1) is 16.3. The molecule has 0 saturated heterocycles. The zero-order chi connectivity index (χ0) is 24.4. The minimum Gasteiger partial charge on any atom is -0.362 e. The van der Waals surface area contributed by atoms with E-state index >= 15 is 0 Å². The summed E-state index contributed by atoms with van der Waals surface area (Å²) < 4.78 is 0. The highest BCUT2D eigenvalue weighted by Gasteiger charge is 2.22. The molecule has 0 atom stereocenters. The number of aromatic nitrogens is 2. The number of fused-ring (bicyclic) bond motifs is 1. The summed E-state index contributed by atoms with van der Waals surface area (Å²) in [5.41, 5.74) is 9.72. The number of anilines is 2. The van der Waals surface area contributed by atoms with Crippen molar-refractivity contribution in [3.63, 3.8) is 0 Å². The highest BCUT2D eigenvalue weighted by molar-refractivity contribution is 5.90. The molecule has 0 aliphatic heterocycles. The summed E-state index contributed by atoms with van der Waals surface area (Å²) in [4.78, 5) is 11.7. The fourth-order valence-corrected chi connectivity index (χ4v) is 5.40. The second kappa shape index (κ2) is 10.3. The van der Waals surface area contributed by atoms with Crippen LogP contribution < -0.4 is 15.5 Å². The van der Waals surface area contributed by atoms with E-state index in [0.717, 1.165) is 41.7 Å². The standard InChI is InChI=1S/C29H41N5/c1-18-19(2)21(4)26(22(5)20(18)3)17-30-16-23-12-14-24(15-13-23)31-29-32-27-11-9-8-10-25(27)28(33-29)34(6)7/h8-11,23-24,30H,12-17H2,1-7H3,(H,31,32,33). The third kappa shape index (κ3) is 5.05. The second-order valence-corrected chi connectivity index (χ2v) is 10.4. The Hall–Kier alpha value is -2.66. The average molecular weight is 460 g/mol. The first-order valence-electron chi connectivity index (χ1n) is 12.7. The molecule has 2 N–H and O–H groups in total. The zero-order valence-corrected chi connectivity index (χ0v) is 22.0. The molecule has 0 bridgehead atoms. The van der Waals surface area contributed by atoms with Gasteiger partial charge < -0.3 is 15.5 Å². The maximum atomic E-state index is 4.82. The van der Waals surface area contributed by atoms with E-state index in [2.05, 4.69) is 62.3 Å². The lowest BCUT2D eigenvalue weighted by atomic mass is 9.85. The molecule has 1 heterocycles. The van der Waals surface area contributed by atoms with Crippen molar-refractivity contribution in [1.29, 1.82) is 0 Å². The van der Waals surface area contributed by atoms with Crippen LogP contribution in [-0.4, -0.2) is 36.6 Å². The monoisotopic (exact) mass is 459 g/mol. The van der Waals surface area contributed by atoms with Gasteiger partial charge in [0.25, 0.3) is 0 Å². The van der Waals surface area contributed by atoms with E-state index in [-0.39, 0.29) is 0 Å². The summed E-state index contributed by atoms with van der Waals surface area (Å²) in [6, 6.07) is 8.69. The molecular formula is C29H41N5. The van der Waals surface area contributed by atoms with Crippen LogP contribution in [0, 0.1) is 40.5 Å². The number of nitrogens with zero attached hydrogens (tertiary/aromatic N) is 3. The van der Waals surface area contributed by atoms with Gasteiger partial charge in [0.05, 0.1) is 5.52 Å². The van der Waals surface area contributed by atoms with Gasteiger partial charge in [-0.3, -0.25) is 0 Å². The normalized spacial score (nSPS) is 18.3. The minimum atomic E-state index is 0.444. The van der Waals surface area contributed by atoms with Crippen LogP contribution in [0.4, 0.5) is 11.8 Å². The Bertz CT molecular complexity index is 1130. The average Bonchev–Trinajstić information content (AvgIpc) is 2.84. The van der Waals surface area contributed by atoms with E-state index in [1.807, 2.05) is 26.2 Å². The first kappa shape index (κ1) is 24.5. The molecule has 5 heteroatoms. The van der Waals surface area contributed by atoms with Crippen molar-refractivity contribution in [1.82, 2.24) is 15.3 Å². The molecule has 182 valence electrons. The van der Waals surface area contributed by atoms with E-state index in [4.69, 9.17) is 9.97 Å². The predicted molar refractivity (Wildman–Crippen MR) is 145 cm³/mol. The van der Waals surface area contributed by atoms with Crippen LogP contribution in [0.25, 0.3) is 10.9 Å². The maximum Gasteiger partial charge on any atom is 0.225 e. The van der Waals surface area contributed by atoms with E-state index in [1.54, 1.807) is 0 Å². The topological polar surface area (TPSA) is 53.1 Å². The van der Waals surface area contributed by atoms with Crippen molar-refractivity contribution in [2.45, 2.75) is 72.9 Å². The Labute approximate surface area is 205 Å². The van der Waals surface area contributed by atoms with Crippen molar-refractivity contribution >= 4 is 22.7 Å². The van der Waals surface area contributed by atoms with Crippen molar-refractivity contribution in [2.24, 2.45) is 5.92 Å². The molecular weight excluding hydrogens is 418 g/mol. The van der Waals surface area contributed by atoms with Gasteiger partial charge in [-0.2, -0.15) is 4.98 Å². The van der Waals surface area contributed by atoms with Crippen molar-refractivity contribution < 1.29 is 0 Å². The van der Waals surface area contributed by atoms with Gasteiger partial charge in [-0.25, -0.2) is 4.98 Å². The number of rotatable bonds is 7. The Morgan fingerprint density at radius 2 is 1.44 bits per heavy atom. The predicted octanol–water partition coefficient (Wildman–Crippen LogP) is 6.00. The Morgan fingerprint density at radius 3 is 2.09 bits per heavy atom. The lowest BCUT2D eigenvalue weighted by molar-refractivity contribution is 0.323. The molecule has 0 spiro atoms. The molecule has 0 radical (unpaired) electrons. The number of nitrogens with one attached hydrogen (secondary N) is 2. The number of benzene rings is 2. The van der Waals surface area contributed by atoms with Crippen LogP contribution in [-0.2, 0) is 6.54 Å². The SMILES string of the molecule is Cc1c(C)c(C)c(CNCC2CCC(Nc3nc(N(C)C)c4ccccc4n3)CC2)c(C)c1C. The fourth-order valence-electron chi connectivity index (χ4n) is 5.40. The Balaban J connectivity index is 1.32. The van der Waals surface area contributed by atoms with Gasteiger partial charge in [-0.05, 0) is 118 Å². The van der Waals surface area contributed by atoms with Gasteiger partial charge in [0.15, 0.2) is 0 Å². The first-order valence-corrected chi connectivity index (χ1v) is 12.7.